The Morgan fingerprint density at radius 1 is 0.400 bits per heavy atom. The summed E-state index contributed by atoms with van der Waals surface area (Å²) >= 11 is 3.59. The van der Waals surface area contributed by atoms with Crippen molar-refractivity contribution in [3.63, 3.8) is 0 Å². The van der Waals surface area contributed by atoms with Crippen LogP contribution in [0.5, 0.6) is 0 Å². The highest BCUT2D eigenvalue weighted by molar-refractivity contribution is 7.26. The molecule has 0 fully saturated rings. The van der Waals surface area contributed by atoms with Crippen LogP contribution in [0.2, 0.25) is 0 Å². The standard InChI is InChI=1S/C35H21N3S2/c1-3-9-22(10-4-1)28-20-29(23-11-5-2-6-12-23)37-34(36-28)24-15-17-25(18-16-24)35-38-30-19-27-26-13-7-8-14-31(26)39-32(27)21-33(30)40-35/h1-21H. The van der Waals surface area contributed by atoms with E-state index in [1.54, 1.807) is 11.3 Å². The lowest BCUT2D eigenvalue weighted by Crippen LogP contribution is -1.95. The van der Waals surface area contributed by atoms with Crippen LogP contribution in [0.3, 0.4) is 0 Å². The van der Waals surface area contributed by atoms with Crippen LogP contribution in [0.4, 0.5) is 0 Å². The number of benzene rings is 5. The van der Waals surface area contributed by atoms with E-state index >= 15 is 0 Å². The monoisotopic (exact) mass is 547 g/mol. The largest absolute Gasteiger partial charge is 0.236 e. The van der Waals surface area contributed by atoms with E-state index in [-0.39, 0.29) is 0 Å². The molecule has 0 amide bonds. The molecule has 0 atom stereocenters. The molecular weight excluding hydrogens is 527 g/mol. The molecule has 0 saturated heterocycles. The summed E-state index contributed by atoms with van der Waals surface area (Å²) in [6, 6.07) is 44.2. The van der Waals surface area contributed by atoms with Crippen molar-refractivity contribution in [2.24, 2.45) is 0 Å². The fraction of sp³-hybridized carbons (Fsp3) is 0. The Balaban J connectivity index is 1.19. The lowest BCUT2D eigenvalue weighted by Gasteiger charge is -2.09. The zero-order chi connectivity index (χ0) is 26.5. The number of hydrogen-bond acceptors (Lipinski definition) is 5. The maximum absolute atomic E-state index is 5.02. The molecular formula is C35H21N3S2. The summed E-state index contributed by atoms with van der Waals surface area (Å²) in [7, 11) is 0. The van der Waals surface area contributed by atoms with Crippen molar-refractivity contribution < 1.29 is 0 Å². The van der Waals surface area contributed by atoms with Crippen LogP contribution in [-0.2, 0) is 0 Å². The van der Waals surface area contributed by atoms with E-state index in [0.29, 0.717) is 5.82 Å². The Hall–Kier alpha value is -4.71. The molecule has 0 radical (unpaired) electrons. The Morgan fingerprint density at radius 2 is 1.02 bits per heavy atom. The summed E-state index contributed by atoms with van der Waals surface area (Å²) in [5.74, 6) is 0.711. The molecule has 0 spiro atoms. The molecule has 0 aliphatic carbocycles. The molecule has 0 N–H and O–H groups in total. The maximum atomic E-state index is 5.02. The van der Waals surface area contributed by atoms with Crippen LogP contribution in [0.25, 0.3) is 74.9 Å². The average Bonchev–Trinajstić information content (AvgIpc) is 3.61. The summed E-state index contributed by atoms with van der Waals surface area (Å²) in [4.78, 5) is 14.9. The van der Waals surface area contributed by atoms with E-state index in [0.717, 1.165) is 44.2 Å². The Labute approximate surface area is 239 Å². The fourth-order valence-electron chi connectivity index (χ4n) is 5.12. The maximum Gasteiger partial charge on any atom is 0.160 e. The van der Waals surface area contributed by atoms with Gasteiger partial charge in [-0.05, 0) is 24.3 Å². The summed E-state index contributed by atoms with van der Waals surface area (Å²) in [6.07, 6.45) is 0. The van der Waals surface area contributed by atoms with Crippen molar-refractivity contribution in [3.05, 3.63) is 127 Å². The Bertz CT molecular complexity index is 2090. The number of hydrogen-bond donors (Lipinski definition) is 0. The van der Waals surface area contributed by atoms with Gasteiger partial charge in [-0.3, -0.25) is 0 Å². The molecule has 3 aromatic heterocycles. The second kappa shape index (κ2) is 9.49. The number of rotatable bonds is 4. The van der Waals surface area contributed by atoms with E-state index in [2.05, 4.69) is 91.0 Å². The predicted molar refractivity (Wildman–Crippen MR) is 170 cm³/mol. The number of thiophene rings is 1. The second-order valence-electron chi connectivity index (χ2n) is 9.70. The average molecular weight is 548 g/mol. The van der Waals surface area contributed by atoms with E-state index in [4.69, 9.17) is 15.0 Å². The van der Waals surface area contributed by atoms with Gasteiger partial charge in [-0.2, -0.15) is 0 Å². The first-order chi connectivity index (χ1) is 19.8. The van der Waals surface area contributed by atoms with Gasteiger partial charge in [0, 0.05) is 42.4 Å². The van der Waals surface area contributed by atoms with E-state index in [1.807, 2.05) is 47.7 Å². The minimum atomic E-state index is 0.711. The lowest BCUT2D eigenvalue weighted by atomic mass is 10.1. The number of nitrogens with zero attached hydrogens (tertiary/aromatic N) is 3. The summed E-state index contributed by atoms with van der Waals surface area (Å²) in [5, 5.41) is 3.60. The van der Waals surface area contributed by atoms with Gasteiger partial charge in [0.15, 0.2) is 5.82 Å². The van der Waals surface area contributed by atoms with Crippen LogP contribution < -0.4 is 0 Å². The third kappa shape index (κ3) is 4.08. The van der Waals surface area contributed by atoms with Gasteiger partial charge in [0.05, 0.1) is 21.6 Å². The quantitative estimate of drug-likeness (QED) is 0.220. The van der Waals surface area contributed by atoms with Crippen molar-refractivity contribution in [2.75, 3.05) is 0 Å². The summed E-state index contributed by atoms with van der Waals surface area (Å²) < 4.78 is 3.84. The fourth-order valence-corrected chi connectivity index (χ4v) is 7.32. The smallest absolute Gasteiger partial charge is 0.160 e. The molecule has 5 aromatic carbocycles. The van der Waals surface area contributed by atoms with Gasteiger partial charge in [-0.25, -0.2) is 15.0 Å². The number of thiazole rings is 1. The van der Waals surface area contributed by atoms with Gasteiger partial charge in [-0.1, -0.05) is 103 Å². The van der Waals surface area contributed by atoms with Crippen molar-refractivity contribution in [3.8, 4) is 44.5 Å². The molecule has 8 aromatic rings. The number of fused-ring (bicyclic) bond motifs is 4. The molecule has 0 bridgehead atoms. The molecule has 0 saturated carbocycles. The van der Waals surface area contributed by atoms with Crippen molar-refractivity contribution >= 4 is 53.1 Å². The van der Waals surface area contributed by atoms with Crippen LogP contribution in [-0.4, -0.2) is 15.0 Å². The van der Waals surface area contributed by atoms with Gasteiger partial charge in [0.1, 0.15) is 5.01 Å². The van der Waals surface area contributed by atoms with E-state index < -0.39 is 0 Å². The third-order valence-electron chi connectivity index (χ3n) is 7.14. The molecule has 188 valence electrons. The minimum Gasteiger partial charge on any atom is -0.236 e. The van der Waals surface area contributed by atoms with Crippen LogP contribution in [0, 0.1) is 0 Å². The molecule has 0 unspecified atom stereocenters. The van der Waals surface area contributed by atoms with Gasteiger partial charge >= 0.3 is 0 Å². The molecule has 3 nitrogen and oxygen atoms in total. The van der Waals surface area contributed by atoms with Crippen molar-refractivity contribution in [1.29, 1.82) is 0 Å². The predicted octanol–water partition coefficient (Wildman–Crippen LogP) is 10.1. The molecule has 5 heteroatoms. The first-order valence-electron chi connectivity index (χ1n) is 13.1. The minimum absolute atomic E-state index is 0.711. The summed E-state index contributed by atoms with van der Waals surface area (Å²) in [5.41, 5.74) is 7.09. The second-order valence-corrected chi connectivity index (χ2v) is 11.8. The van der Waals surface area contributed by atoms with E-state index in [1.165, 1.54) is 24.9 Å². The zero-order valence-electron chi connectivity index (χ0n) is 21.3. The van der Waals surface area contributed by atoms with Crippen LogP contribution >= 0.6 is 22.7 Å². The molecule has 3 heterocycles. The van der Waals surface area contributed by atoms with Gasteiger partial charge in [0.25, 0.3) is 0 Å². The number of aromatic nitrogens is 3. The third-order valence-corrected chi connectivity index (χ3v) is 9.34. The van der Waals surface area contributed by atoms with Gasteiger partial charge in [-0.15, -0.1) is 22.7 Å². The Morgan fingerprint density at radius 3 is 1.73 bits per heavy atom. The van der Waals surface area contributed by atoms with Crippen molar-refractivity contribution in [1.82, 2.24) is 15.0 Å². The topological polar surface area (TPSA) is 38.7 Å². The highest BCUT2D eigenvalue weighted by atomic mass is 32.1. The van der Waals surface area contributed by atoms with Crippen LogP contribution in [0.15, 0.2) is 127 Å². The molecule has 8 rings (SSSR count). The first kappa shape index (κ1) is 23.2. The van der Waals surface area contributed by atoms with E-state index in [9.17, 15) is 0 Å². The van der Waals surface area contributed by atoms with Crippen LogP contribution in [0.1, 0.15) is 0 Å². The normalized spacial score (nSPS) is 11.5. The zero-order valence-corrected chi connectivity index (χ0v) is 22.9. The summed E-state index contributed by atoms with van der Waals surface area (Å²) in [6.45, 7) is 0. The first-order valence-corrected chi connectivity index (χ1v) is 14.7. The highest BCUT2D eigenvalue weighted by Gasteiger charge is 2.13. The van der Waals surface area contributed by atoms with Crippen molar-refractivity contribution in [2.45, 2.75) is 0 Å². The van der Waals surface area contributed by atoms with Gasteiger partial charge in [0.2, 0.25) is 0 Å². The van der Waals surface area contributed by atoms with Gasteiger partial charge < -0.3 is 0 Å². The molecule has 0 aliphatic heterocycles. The SMILES string of the molecule is c1ccc(-c2cc(-c3ccccc3)nc(-c3ccc(-c4nc5cc6c(cc5s4)sc4ccccc46)cc3)n2)cc1. The molecule has 0 aliphatic rings. The Kier molecular flexibility index (Phi) is 5.50. The highest BCUT2D eigenvalue weighted by Crippen LogP contribution is 2.39. The molecule has 40 heavy (non-hydrogen) atoms. The lowest BCUT2D eigenvalue weighted by molar-refractivity contribution is 1.18.